The highest BCUT2D eigenvalue weighted by molar-refractivity contribution is 5.47. The molecular formula is C48H62O. The minimum atomic E-state index is -0.00859. The normalized spacial score (nSPS) is 11.9. The van der Waals surface area contributed by atoms with E-state index >= 15 is 0 Å². The molecule has 5 rings (SSSR count). The van der Waals surface area contributed by atoms with Gasteiger partial charge in [0.2, 0.25) is 0 Å². The van der Waals surface area contributed by atoms with Gasteiger partial charge >= 0.3 is 0 Å². The third kappa shape index (κ3) is 12.7. The maximum atomic E-state index is 10.3. The van der Waals surface area contributed by atoms with Crippen LogP contribution in [0.4, 0.5) is 0 Å². The van der Waals surface area contributed by atoms with E-state index in [-0.39, 0.29) is 21.7 Å². The van der Waals surface area contributed by atoms with Crippen LogP contribution in [0.3, 0.4) is 0 Å². The third-order valence-corrected chi connectivity index (χ3v) is 8.79. The number of aromatic hydroxyl groups is 1. The van der Waals surface area contributed by atoms with Gasteiger partial charge in [-0.15, -0.1) is 0 Å². The van der Waals surface area contributed by atoms with E-state index in [1.165, 1.54) is 33.4 Å². The van der Waals surface area contributed by atoms with Gasteiger partial charge in [0.1, 0.15) is 5.75 Å². The summed E-state index contributed by atoms with van der Waals surface area (Å²) in [6.07, 6.45) is 2.04. The molecule has 0 unspecified atom stereocenters. The molecule has 0 spiro atoms. The lowest BCUT2D eigenvalue weighted by Crippen LogP contribution is -2.16. The largest absolute Gasteiger partial charge is 0.507 e. The lowest BCUT2D eigenvalue weighted by molar-refractivity contribution is 0.423. The molecule has 49 heavy (non-hydrogen) atoms. The third-order valence-electron chi connectivity index (χ3n) is 8.79. The van der Waals surface area contributed by atoms with Crippen LogP contribution in [0, 0.1) is 0 Å². The molecule has 1 N–H and O–H groups in total. The quantitative estimate of drug-likeness (QED) is 0.204. The second-order valence-corrected chi connectivity index (χ2v) is 17.4. The number of hydrogen-bond donors (Lipinski definition) is 1. The van der Waals surface area contributed by atoms with E-state index in [2.05, 4.69) is 192 Å². The molecule has 0 atom stereocenters. The van der Waals surface area contributed by atoms with Gasteiger partial charge in [-0.1, -0.05) is 210 Å². The van der Waals surface area contributed by atoms with Crippen LogP contribution < -0.4 is 0 Å². The molecule has 5 aromatic rings. The van der Waals surface area contributed by atoms with Crippen LogP contribution in [-0.2, 0) is 34.5 Å². The highest BCUT2D eigenvalue weighted by atomic mass is 16.3. The average Bonchev–Trinajstić information content (AvgIpc) is 3.01. The van der Waals surface area contributed by atoms with Crippen molar-refractivity contribution in [2.45, 2.75) is 118 Å². The van der Waals surface area contributed by atoms with Gasteiger partial charge < -0.3 is 5.11 Å². The lowest BCUT2D eigenvalue weighted by Gasteiger charge is -2.26. The molecule has 0 heterocycles. The van der Waals surface area contributed by atoms with Crippen LogP contribution in [0.1, 0.15) is 128 Å². The van der Waals surface area contributed by atoms with E-state index < -0.39 is 0 Å². The smallest absolute Gasteiger partial charge is 0.123 e. The van der Waals surface area contributed by atoms with Crippen molar-refractivity contribution in [3.05, 3.63) is 172 Å². The molecule has 260 valence electrons. The molecule has 1 nitrogen and oxygen atoms in total. The number of rotatable bonds is 4. The number of phenolic OH excluding ortho intramolecular Hbond substituents is 1. The molecule has 0 radical (unpaired) electrons. The standard InChI is InChI=1S/C21H28.C14H22O.C13H12/c1-20(2,3)18-11-7-16(8-12-18)15-17-9-13-19(14-10-17)21(4,5)6;1-13(2,3)10-8-7-9-11(12(10)15)14(4,5)6;1-3-7-12(8-4-1)11-13-9-5-2-6-10-13/h7-14H,15H2,1-6H3;7-9,15H,1-6H3;1-10H,11H2. The number of phenols is 1. The van der Waals surface area contributed by atoms with Gasteiger partial charge in [0.05, 0.1) is 0 Å². The summed E-state index contributed by atoms with van der Waals surface area (Å²) in [6.45, 7) is 26.3. The van der Waals surface area contributed by atoms with Crippen LogP contribution in [0.5, 0.6) is 5.75 Å². The van der Waals surface area contributed by atoms with Crippen LogP contribution in [-0.4, -0.2) is 5.11 Å². The zero-order valence-corrected chi connectivity index (χ0v) is 32.5. The molecule has 0 saturated heterocycles. The molecule has 0 fully saturated rings. The fourth-order valence-electron chi connectivity index (χ4n) is 5.66. The van der Waals surface area contributed by atoms with E-state index in [0.29, 0.717) is 5.75 Å². The Labute approximate surface area is 299 Å². The van der Waals surface area contributed by atoms with Crippen molar-refractivity contribution >= 4 is 0 Å². The van der Waals surface area contributed by atoms with Gasteiger partial charge in [0.25, 0.3) is 0 Å². The molecule has 5 aromatic carbocycles. The van der Waals surface area contributed by atoms with E-state index in [1.54, 1.807) is 0 Å². The zero-order valence-electron chi connectivity index (χ0n) is 32.5. The molecule has 1 heteroatoms. The van der Waals surface area contributed by atoms with E-state index in [9.17, 15) is 5.11 Å². The van der Waals surface area contributed by atoms with Gasteiger partial charge in [-0.2, -0.15) is 0 Å². The zero-order chi connectivity index (χ0) is 36.5. The summed E-state index contributed by atoms with van der Waals surface area (Å²) in [7, 11) is 0. The van der Waals surface area contributed by atoms with Gasteiger partial charge in [-0.25, -0.2) is 0 Å². The fourth-order valence-corrected chi connectivity index (χ4v) is 5.66. The van der Waals surface area contributed by atoms with Crippen molar-refractivity contribution in [1.82, 2.24) is 0 Å². The van der Waals surface area contributed by atoms with Crippen LogP contribution >= 0.6 is 0 Å². The number of benzene rings is 5. The summed E-state index contributed by atoms with van der Waals surface area (Å²) in [4.78, 5) is 0. The minimum Gasteiger partial charge on any atom is -0.507 e. The summed E-state index contributed by atoms with van der Waals surface area (Å²) in [5.74, 6) is 0.456. The summed E-state index contributed by atoms with van der Waals surface area (Å²) in [6, 6.07) is 45.2. The number of para-hydroxylation sites is 1. The first-order valence-electron chi connectivity index (χ1n) is 17.8. The molecule has 0 aliphatic rings. The fraction of sp³-hybridized carbons (Fsp3) is 0.375. The maximum Gasteiger partial charge on any atom is 0.123 e. The van der Waals surface area contributed by atoms with E-state index in [0.717, 1.165) is 24.0 Å². The van der Waals surface area contributed by atoms with Gasteiger partial charge in [0, 0.05) is 0 Å². The molecule has 0 bridgehead atoms. The highest BCUT2D eigenvalue weighted by Crippen LogP contribution is 2.38. The Morgan fingerprint density at radius 1 is 0.327 bits per heavy atom. The minimum absolute atomic E-state index is 0.00859. The van der Waals surface area contributed by atoms with Crippen LogP contribution in [0.25, 0.3) is 0 Å². The van der Waals surface area contributed by atoms with Crippen molar-refractivity contribution in [3.63, 3.8) is 0 Å². The molecule has 0 aliphatic carbocycles. The van der Waals surface area contributed by atoms with E-state index in [1.807, 2.05) is 18.2 Å². The summed E-state index contributed by atoms with van der Waals surface area (Å²) >= 11 is 0. The van der Waals surface area contributed by atoms with Crippen molar-refractivity contribution in [1.29, 1.82) is 0 Å². The Bertz CT molecular complexity index is 1560. The molecule has 0 aromatic heterocycles. The van der Waals surface area contributed by atoms with Crippen molar-refractivity contribution in [2.24, 2.45) is 0 Å². The van der Waals surface area contributed by atoms with Gasteiger partial charge in [0.15, 0.2) is 0 Å². The number of hydrogen-bond acceptors (Lipinski definition) is 1. The Balaban J connectivity index is 0.000000206. The first kappa shape index (κ1) is 39.3. The van der Waals surface area contributed by atoms with Crippen LogP contribution in [0.15, 0.2) is 127 Å². The predicted molar refractivity (Wildman–Crippen MR) is 214 cm³/mol. The van der Waals surface area contributed by atoms with Crippen molar-refractivity contribution in [2.75, 3.05) is 0 Å². The predicted octanol–water partition coefficient (Wildman–Crippen LogP) is 13.1. The maximum absolute atomic E-state index is 10.3. The summed E-state index contributed by atoms with van der Waals surface area (Å²) in [5, 5.41) is 10.3. The average molecular weight is 655 g/mol. The van der Waals surface area contributed by atoms with E-state index in [4.69, 9.17) is 0 Å². The first-order chi connectivity index (χ1) is 22.7. The highest BCUT2D eigenvalue weighted by Gasteiger charge is 2.24. The monoisotopic (exact) mass is 654 g/mol. The first-order valence-corrected chi connectivity index (χ1v) is 17.8. The van der Waals surface area contributed by atoms with Gasteiger partial charge in [-0.05, 0) is 79.0 Å². The summed E-state index contributed by atoms with van der Waals surface area (Å²) in [5.41, 5.74) is 10.8. The van der Waals surface area contributed by atoms with Crippen LogP contribution in [0.2, 0.25) is 0 Å². The lowest BCUT2D eigenvalue weighted by atomic mass is 9.80. The summed E-state index contributed by atoms with van der Waals surface area (Å²) < 4.78 is 0. The van der Waals surface area contributed by atoms with Crippen molar-refractivity contribution < 1.29 is 5.11 Å². The Morgan fingerprint density at radius 3 is 0.878 bits per heavy atom. The Kier molecular flexibility index (Phi) is 13.3. The molecule has 0 aliphatic heterocycles. The Morgan fingerprint density at radius 2 is 0.612 bits per heavy atom. The Hall–Kier alpha value is -4.10. The second kappa shape index (κ2) is 16.5. The van der Waals surface area contributed by atoms with Gasteiger partial charge in [-0.3, -0.25) is 0 Å². The molecular weight excluding hydrogens is 593 g/mol. The second-order valence-electron chi connectivity index (χ2n) is 17.4. The molecule has 0 saturated carbocycles. The van der Waals surface area contributed by atoms with Crippen molar-refractivity contribution in [3.8, 4) is 5.75 Å². The topological polar surface area (TPSA) is 20.2 Å². The SMILES string of the molecule is CC(C)(C)c1ccc(Cc2ccc(C(C)(C)C)cc2)cc1.CC(C)(C)c1cccc(C(C)(C)C)c1O.c1ccc(Cc2ccccc2)cc1. The molecule has 0 amide bonds.